The van der Waals surface area contributed by atoms with Crippen molar-refractivity contribution >= 4 is 5.97 Å². The number of hydrogen-bond donors (Lipinski definition) is 0. The van der Waals surface area contributed by atoms with Crippen LogP contribution in [0.4, 0.5) is 0 Å². The maximum atomic E-state index is 12.7. The van der Waals surface area contributed by atoms with Gasteiger partial charge < -0.3 is 4.74 Å². The first kappa shape index (κ1) is 32.5. The molecule has 0 aliphatic rings. The molecule has 1 atom stereocenters. The Bertz CT molecular complexity index is 379. The van der Waals surface area contributed by atoms with Gasteiger partial charge in [-0.2, -0.15) is 0 Å². The number of rotatable bonds is 27. The van der Waals surface area contributed by atoms with Gasteiger partial charge in [-0.15, -0.1) is 0 Å². The number of esters is 1. The fourth-order valence-electron chi connectivity index (χ4n) is 4.78. The molecule has 1 unspecified atom stereocenters. The Morgan fingerprint density at radius 1 is 0.455 bits per heavy atom. The molecule has 0 saturated heterocycles. The van der Waals surface area contributed by atoms with Crippen LogP contribution in [0.1, 0.15) is 181 Å². The second-order valence-electron chi connectivity index (χ2n) is 10.5. The van der Waals surface area contributed by atoms with E-state index in [9.17, 15) is 4.79 Å². The summed E-state index contributed by atoms with van der Waals surface area (Å²) >= 11 is 0. The quantitative estimate of drug-likeness (QED) is 0.0888. The molecule has 198 valence electrons. The molecule has 0 spiro atoms. The van der Waals surface area contributed by atoms with Crippen LogP contribution in [-0.2, 0) is 9.53 Å². The molecule has 0 bridgehead atoms. The van der Waals surface area contributed by atoms with Crippen LogP contribution in [0.3, 0.4) is 0 Å². The van der Waals surface area contributed by atoms with Crippen LogP contribution < -0.4 is 0 Å². The first-order valence-corrected chi connectivity index (χ1v) is 15.4. The molecule has 0 radical (unpaired) electrons. The Balaban J connectivity index is 3.94. The highest BCUT2D eigenvalue weighted by Gasteiger charge is 2.19. The molecule has 2 nitrogen and oxygen atoms in total. The summed E-state index contributed by atoms with van der Waals surface area (Å²) in [6, 6.07) is 0. The second kappa shape index (κ2) is 27.7. The monoisotopic (exact) mass is 466 g/mol. The minimum atomic E-state index is 0.102. The van der Waals surface area contributed by atoms with Crippen molar-refractivity contribution in [2.45, 2.75) is 181 Å². The summed E-state index contributed by atoms with van der Waals surface area (Å²) in [5.74, 6) is 0.249. The third-order valence-corrected chi connectivity index (χ3v) is 7.14. The highest BCUT2D eigenvalue weighted by molar-refractivity contribution is 5.72. The van der Waals surface area contributed by atoms with Crippen LogP contribution in [0, 0.1) is 5.92 Å². The molecule has 0 saturated carbocycles. The van der Waals surface area contributed by atoms with E-state index in [2.05, 4.69) is 20.8 Å². The van der Waals surface area contributed by atoms with Crippen molar-refractivity contribution in [3.8, 4) is 0 Å². The molecule has 0 fully saturated rings. The number of carbonyl (C=O) groups is 1. The van der Waals surface area contributed by atoms with Gasteiger partial charge in [-0.3, -0.25) is 4.79 Å². The average molecular weight is 467 g/mol. The van der Waals surface area contributed by atoms with Crippen molar-refractivity contribution in [1.82, 2.24) is 0 Å². The second-order valence-corrected chi connectivity index (χ2v) is 10.5. The maximum absolute atomic E-state index is 12.7. The van der Waals surface area contributed by atoms with E-state index in [1.807, 2.05) is 0 Å². The highest BCUT2D eigenvalue weighted by Crippen LogP contribution is 2.21. The van der Waals surface area contributed by atoms with Crippen LogP contribution in [0.15, 0.2) is 0 Å². The normalized spacial score (nSPS) is 12.2. The van der Waals surface area contributed by atoms with Crippen molar-refractivity contribution in [2.24, 2.45) is 5.92 Å². The number of carbonyl (C=O) groups excluding carboxylic acids is 1. The lowest BCUT2D eigenvalue weighted by atomic mass is 9.94. The van der Waals surface area contributed by atoms with Crippen LogP contribution >= 0.6 is 0 Å². The predicted molar refractivity (Wildman–Crippen MR) is 147 cm³/mol. The molecule has 0 heterocycles. The van der Waals surface area contributed by atoms with Crippen LogP contribution in [-0.4, -0.2) is 12.6 Å². The molecule has 0 aromatic rings. The SMILES string of the molecule is CCCCCCCCCCCOC(=O)C(CCCCCCC)CCCCCCCCCCC. The van der Waals surface area contributed by atoms with Gasteiger partial charge in [0.25, 0.3) is 0 Å². The summed E-state index contributed by atoms with van der Waals surface area (Å²) in [5.41, 5.74) is 0. The molecule has 0 aliphatic heterocycles. The maximum Gasteiger partial charge on any atom is 0.308 e. The Morgan fingerprint density at radius 2 is 0.758 bits per heavy atom. The summed E-state index contributed by atoms with van der Waals surface area (Å²) in [5, 5.41) is 0. The lowest BCUT2D eigenvalue weighted by Gasteiger charge is -2.16. The van der Waals surface area contributed by atoms with Crippen molar-refractivity contribution in [1.29, 1.82) is 0 Å². The summed E-state index contributed by atoms with van der Waals surface area (Å²) < 4.78 is 5.74. The van der Waals surface area contributed by atoms with Gasteiger partial charge in [0, 0.05) is 0 Å². The zero-order valence-electron chi connectivity index (χ0n) is 23.3. The number of unbranched alkanes of at least 4 members (excludes halogenated alkanes) is 20. The fourth-order valence-corrected chi connectivity index (χ4v) is 4.78. The highest BCUT2D eigenvalue weighted by atomic mass is 16.5. The van der Waals surface area contributed by atoms with Crippen LogP contribution in [0.2, 0.25) is 0 Å². The van der Waals surface area contributed by atoms with E-state index in [0.29, 0.717) is 6.61 Å². The molecule has 2 heteroatoms. The summed E-state index contributed by atoms with van der Waals surface area (Å²) in [4.78, 5) is 12.7. The summed E-state index contributed by atoms with van der Waals surface area (Å²) in [7, 11) is 0. The van der Waals surface area contributed by atoms with Gasteiger partial charge in [-0.1, -0.05) is 162 Å². The Labute approximate surface area is 209 Å². The third kappa shape index (κ3) is 24.4. The van der Waals surface area contributed by atoms with Gasteiger partial charge in [-0.05, 0) is 19.3 Å². The van der Waals surface area contributed by atoms with Crippen molar-refractivity contribution < 1.29 is 9.53 Å². The van der Waals surface area contributed by atoms with E-state index in [-0.39, 0.29) is 11.9 Å². The van der Waals surface area contributed by atoms with Crippen LogP contribution in [0.5, 0.6) is 0 Å². The summed E-state index contributed by atoms with van der Waals surface area (Å²) in [6.07, 6.45) is 32.3. The molecule has 0 aliphatic carbocycles. The smallest absolute Gasteiger partial charge is 0.308 e. The lowest BCUT2D eigenvalue weighted by molar-refractivity contribution is -0.149. The van der Waals surface area contributed by atoms with E-state index in [0.717, 1.165) is 19.3 Å². The van der Waals surface area contributed by atoms with Crippen molar-refractivity contribution in [3.63, 3.8) is 0 Å². The minimum absolute atomic E-state index is 0.102. The van der Waals surface area contributed by atoms with E-state index >= 15 is 0 Å². The Hall–Kier alpha value is -0.530. The molecule has 0 amide bonds. The van der Waals surface area contributed by atoms with E-state index < -0.39 is 0 Å². The van der Waals surface area contributed by atoms with Gasteiger partial charge in [0.15, 0.2) is 0 Å². The molecule has 33 heavy (non-hydrogen) atoms. The van der Waals surface area contributed by atoms with E-state index in [1.54, 1.807) is 0 Å². The van der Waals surface area contributed by atoms with Crippen molar-refractivity contribution in [2.75, 3.05) is 6.61 Å². The molecule has 0 aromatic carbocycles. The predicted octanol–water partition coefficient (Wildman–Crippen LogP) is 11.0. The topological polar surface area (TPSA) is 26.3 Å². The first-order valence-electron chi connectivity index (χ1n) is 15.4. The van der Waals surface area contributed by atoms with Gasteiger partial charge in [0.2, 0.25) is 0 Å². The number of hydrogen-bond acceptors (Lipinski definition) is 2. The largest absolute Gasteiger partial charge is 0.465 e. The Kier molecular flexibility index (Phi) is 27.3. The summed E-state index contributed by atoms with van der Waals surface area (Å²) in [6.45, 7) is 7.45. The lowest BCUT2D eigenvalue weighted by Crippen LogP contribution is -2.18. The molecule has 0 N–H and O–H groups in total. The zero-order valence-corrected chi connectivity index (χ0v) is 23.3. The number of ether oxygens (including phenoxy) is 1. The molecular weight excluding hydrogens is 404 g/mol. The van der Waals surface area contributed by atoms with Gasteiger partial charge in [0.05, 0.1) is 12.5 Å². The van der Waals surface area contributed by atoms with Gasteiger partial charge in [0.1, 0.15) is 0 Å². The average Bonchev–Trinajstić information content (AvgIpc) is 2.82. The third-order valence-electron chi connectivity index (χ3n) is 7.14. The molecular formula is C31H62O2. The molecule has 0 aromatic heterocycles. The standard InChI is InChI=1S/C31H62O2/c1-4-7-10-13-15-17-19-22-25-28-30(27-24-21-12-9-6-3)31(32)33-29-26-23-20-18-16-14-11-8-5-2/h30H,4-29H2,1-3H3. The van der Waals surface area contributed by atoms with Gasteiger partial charge in [-0.25, -0.2) is 0 Å². The fraction of sp³-hybridized carbons (Fsp3) is 0.968. The van der Waals surface area contributed by atoms with Crippen molar-refractivity contribution in [3.05, 3.63) is 0 Å². The molecule has 0 rings (SSSR count). The Morgan fingerprint density at radius 3 is 1.12 bits per heavy atom. The minimum Gasteiger partial charge on any atom is -0.465 e. The zero-order chi connectivity index (χ0) is 24.2. The van der Waals surface area contributed by atoms with E-state index in [1.165, 1.54) is 141 Å². The van der Waals surface area contributed by atoms with Crippen LogP contribution in [0.25, 0.3) is 0 Å². The first-order chi connectivity index (χ1) is 16.3. The van der Waals surface area contributed by atoms with E-state index in [4.69, 9.17) is 4.74 Å². The van der Waals surface area contributed by atoms with Gasteiger partial charge >= 0.3 is 5.97 Å².